The van der Waals surface area contributed by atoms with Crippen LogP contribution < -0.4 is 5.73 Å². The van der Waals surface area contributed by atoms with E-state index >= 15 is 0 Å². The van der Waals surface area contributed by atoms with Gasteiger partial charge in [-0.15, -0.1) is 0 Å². The Kier molecular flexibility index (Phi) is 3.01. The smallest absolute Gasteiger partial charge is 0.126 e. The summed E-state index contributed by atoms with van der Waals surface area (Å²) in [5, 5.41) is 9.52. The van der Waals surface area contributed by atoms with Crippen molar-refractivity contribution < 1.29 is 9.50 Å². The van der Waals surface area contributed by atoms with Gasteiger partial charge in [-0.05, 0) is 31.0 Å². The fourth-order valence-corrected chi connectivity index (χ4v) is 1.10. The van der Waals surface area contributed by atoms with E-state index < -0.39 is 6.10 Å². The maximum atomic E-state index is 13.1. The van der Waals surface area contributed by atoms with Crippen LogP contribution in [0.1, 0.15) is 24.2 Å². The average molecular weight is 183 g/mol. The van der Waals surface area contributed by atoms with Crippen molar-refractivity contribution in [1.82, 2.24) is 0 Å². The highest BCUT2D eigenvalue weighted by Gasteiger charge is 2.13. The molecule has 2 atom stereocenters. The summed E-state index contributed by atoms with van der Waals surface area (Å²) in [6.45, 7) is 3.36. The molecule has 3 N–H and O–H groups in total. The summed E-state index contributed by atoms with van der Waals surface area (Å²) >= 11 is 0. The van der Waals surface area contributed by atoms with E-state index in [1.807, 2.05) is 0 Å². The lowest BCUT2D eigenvalue weighted by Gasteiger charge is -2.14. The van der Waals surface area contributed by atoms with Gasteiger partial charge in [0.25, 0.3) is 0 Å². The van der Waals surface area contributed by atoms with Gasteiger partial charge in [0, 0.05) is 6.04 Å². The number of halogens is 1. The topological polar surface area (TPSA) is 46.2 Å². The Balaban J connectivity index is 2.97. The summed E-state index contributed by atoms with van der Waals surface area (Å²) < 4.78 is 13.1. The molecule has 3 heteroatoms. The third kappa shape index (κ3) is 2.26. The Morgan fingerprint density at radius 2 is 2.08 bits per heavy atom. The molecule has 0 amide bonds. The van der Waals surface area contributed by atoms with E-state index in [0.29, 0.717) is 11.1 Å². The highest BCUT2D eigenvalue weighted by Crippen LogP contribution is 2.18. The predicted molar refractivity (Wildman–Crippen MR) is 49.7 cm³/mol. The van der Waals surface area contributed by atoms with Gasteiger partial charge in [0.1, 0.15) is 5.82 Å². The Morgan fingerprint density at radius 3 is 2.54 bits per heavy atom. The molecule has 1 aromatic carbocycles. The molecule has 0 aliphatic rings. The Labute approximate surface area is 77.2 Å². The van der Waals surface area contributed by atoms with Crippen LogP contribution in [0.4, 0.5) is 4.39 Å². The van der Waals surface area contributed by atoms with E-state index in [-0.39, 0.29) is 11.9 Å². The van der Waals surface area contributed by atoms with Gasteiger partial charge < -0.3 is 10.8 Å². The molecule has 0 saturated carbocycles. The number of aliphatic hydroxyl groups is 1. The fourth-order valence-electron chi connectivity index (χ4n) is 1.10. The maximum Gasteiger partial charge on any atom is 0.126 e. The number of hydrogen-bond donors (Lipinski definition) is 2. The molecule has 0 aliphatic heterocycles. The van der Waals surface area contributed by atoms with E-state index in [2.05, 4.69) is 0 Å². The fraction of sp³-hybridized carbons (Fsp3) is 0.400. The van der Waals surface area contributed by atoms with Crippen molar-refractivity contribution in [3.63, 3.8) is 0 Å². The van der Waals surface area contributed by atoms with Gasteiger partial charge in [0.05, 0.1) is 6.10 Å². The average Bonchev–Trinajstić information content (AvgIpc) is 2.08. The second-order valence-electron chi connectivity index (χ2n) is 3.31. The van der Waals surface area contributed by atoms with E-state index in [4.69, 9.17) is 5.73 Å². The zero-order valence-corrected chi connectivity index (χ0v) is 7.79. The first kappa shape index (κ1) is 10.2. The van der Waals surface area contributed by atoms with Crippen molar-refractivity contribution in [3.05, 3.63) is 35.1 Å². The molecule has 0 aromatic heterocycles. The summed E-state index contributed by atoms with van der Waals surface area (Å²) in [4.78, 5) is 0. The molecule has 72 valence electrons. The molecular weight excluding hydrogens is 169 g/mol. The minimum atomic E-state index is -0.796. The summed E-state index contributed by atoms with van der Waals surface area (Å²) in [6, 6.07) is 4.26. The number of rotatable bonds is 2. The van der Waals surface area contributed by atoms with Crippen molar-refractivity contribution in [3.8, 4) is 0 Å². The summed E-state index contributed by atoms with van der Waals surface area (Å²) in [7, 11) is 0. The summed E-state index contributed by atoms with van der Waals surface area (Å²) in [5.41, 5.74) is 6.58. The summed E-state index contributed by atoms with van der Waals surface area (Å²) in [5.74, 6) is -0.308. The number of benzene rings is 1. The van der Waals surface area contributed by atoms with Crippen LogP contribution in [-0.4, -0.2) is 11.1 Å². The van der Waals surface area contributed by atoms with Crippen LogP contribution in [0.3, 0.4) is 0 Å². The van der Waals surface area contributed by atoms with Crippen molar-refractivity contribution in [1.29, 1.82) is 0 Å². The lowest BCUT2D eigenvalue weighted by molar-refractivity contribution is 0.153. The van der Waals surface area contributed by atoms with Gasteiger partial charge in [0.2, 0.25) is 0 Å². The number of nitrogens with two attached hydrogens (primary N) is 1. The molecule has 0 spiro atoms. The monoisotopic (exact) mass is 183 g/mol. The molecule has 1 rings (SSSR count). The third-order valence-electron chi connectivity index (χ3n) is 2.04. The normalized spacial score (nSPS) is 15.5. The third-order valence-corrected chi connectivity index (χ3v) is 2.04. The van der Waals surface area contributed by atoms with Crippen LogP contribution in [-0.2, 0) is 0 Å². The van der Waals surface area contributed by atoms with Crippen molar-refractivity contribution in [2.24, 2.45) is 5.73 Å². The molecule has 0 radical (unpaired) electrons. The lowest BCUT2D eigenvalue weighted by atomic mass is 10.0. The first-order chi connectivity index (χ1) is 6.02. The van der Waals surface area contributed by atoms with Crippen molar-refractivity contribution in [2.75, 3.05) is 0 Å². The van der Waals surface area contributed by atoms with Crippen molar-refractivity contribution >= 4 is 0 Å². The molecule has 13 heavy (non-hydrogen) atoms. The Hall–Kier alpha value is -0.930. The molecule has 2 unspecified atom stereocenters. The number of hydrogen-bond acceptors (Lipinski definition) is 2. The van der Waals surface area contributed by atoms with Crippen LogP contribution >= 0.6 is 0 Å². The van der Waals surface area contributed by atoms with Crippen LogP contribution in [0.5, 0.6) is 0 Å². The van der Waals surface area contributed by atoms with Crippen LogP contribution in [0.15, 0.2) is 18.2 Å². The first-order valence-corrected chi connectivity index (χ1v) is 4.22. The minimum absolute atomic E-state index is 0.308. The molecule has 0 bridgehead atoms. The molecule has 0 heterocycles. The quantitative estimate of drug-likeness (QED) is 0.730. The number of aliphatic hydroxyl groups excluding tert-OH is 1. The van der Waals surface area contributed by atoms with Gasteiger partial charge in [-0.3, -0.25) is 0 Å². The van der Waals surface area contributed by atoms with Crippen LogP contribution in [0.2, 0.25) is 0 Å². The SMILES string of the molecule is Cc1ccc(C(O)C(C)N)cc1F. The molecular formula is C10H14FNO. The maximum absolute atomic E-state index is 13.1. The summed E-state index contributed by atoms with van der Waals surface area (Å²) in [6.07, 6.45) is -0.796. The van der Waals surface area contributed by atoms with E-state index in [0.717, 1.165) is 0 Å². The van der Waals surface area contributed by atoms with Gasteiger partial charge in [-0.25, -0.2) is 4.39 Å². The highest BCUT2D eigenvalue weighted by molar-refractivity contribution is 5.25. The van der Waals surface area contributed by atoms with Gasteiger partial charge in [-0.2, -0.15) is 0 Å². The van der Waals surface area contributed by atoms with Gasteiger partial charge in [-0.1, -0.05) is 12.1 Å². The zero-order valence-electron chi connectivity index (χ0n) is 7.79. The highest BCUT2D eigenvalue weighted by atomic mass is 19.1. The second-order valence-corrected chi connectivity index (χ2v) is 3.31. The predicted octanol–water partition coefficient (Wildman–Crippen LogP) is 1.51. The minimum Gasteiger partial charge on any atom is -0.387 e. The number of aryl methyl sites for hydroxylation is 1. The molecule has 2 nitrogen and oxygen atoms in total. The van der Waals surface area contributed by atoms with E-state index in [1.54, 1.807) is 26.0 Å². The molecule has 1 aromatic rings. The zero-order chi connectivity index (χ0) is 10.0. The largest absolute Gasteiger partial charge is 0.387 e. The lowest BCUT2D eigenvalue weighted by Crippen LogP contribution is -2.24. The Bertz CT molecular complexity index is 299. The van der Waals surface area contributed by atoms with E-state index in [9.17, 15) is 9.50 Å². The first-order valence-electron chi connectivity index (χ1n) is 4.22. The molecule has 0 fully saturated rings. The second kappa shape index (κ2) is 3.85. The molecule has 0 aliphatic carbocycles. The molecule has 0 saturated heterocycles. The Morgan fingerprint density at radius 1 is 1.46 bits per heavy atom. The van der Waals surface area contributed by atoms with Crippen LogP contribution in [0.25, 0.3) is 0 Å². The van der Waals surface area contributed by atoms with E-state index in [1.165, 1.54) is 6.07 Å². The van der Waals surface area contributed by atoms with Gasteiger partial charge >= 0.3 is 0 Å². The van der Waals surface area contributed by atoms with Gasteiger partial charge in [0.15, 0.2) is 0 Å². The standard InChI is InChI=1S/C10H14FNO/c1-6-3-4-8(5-9(6)11)10(13)7(2)12/h3-5,7,10,13H,12H2,1-2H3. The van der Waals surface area contributed by atoms with Crippen molar-refractivity contribution in [2.45, 2.75) is 26.0 Å². The van der Waals surface area contributed by atoms with Crippen LogP contribution in [0, 0.1) is 12.7 Å².